The Bertz CT molecular complexity index is 446. The molecular weight excluding hydrogens is 228 g/mol. The van der Waals surface area contributed by atoms with Crippen molar-refractivity contribution in [1.29, 1.82) is 0 Å². The molecule has 0 heterocycles. The van der Waals surface area contributed by atoms with E-state index in [0.29, 0.717) is 5.75 Å². The number of methoxy groups -OCH3 is 1. The van der Waals surface area contributed by atoms with Gasteiger partial charge in [-0.15, -0.1) is 0 Å². The minimum atomic E-state index is -1.11. The molecule has 0 saturated heterocycles. The summed E-state index contributed by atoms with van der Waals surface area (Å²) in [5, 5.41) is 19.4. The summed E-state index contributed by atoms with van der Waals surface area (Å²) < 4.78 is 4.86. The van der Waals surface area contributed by atoms with Crippen LogP contribution in [0.2, 0.25) is 0 Å². The van der Waals surface area contributed by atoms with E-state index in [1.165, 1.54) is 25.3 Å². The highest BCUT2D eigenvalue weighted by Crippen LogP contribution is 2.29. The molecule has 1 atom stereocenters. The van der Waals surface area contributed by atoms with E-state index >= 15 is 0 Å². The molecule has 1 aromatic carbocycles. The van der Waals surface area contributed by atoms with Gasteiger partial charge < -0.3 is 15.6 Å². The number of nitrogens with two attached hydrogens (primary N) is 1. The minimum Gasteiger partial charge on any atom is -0.497 e. The molecule has 7 heteroatoms. The van der Waals surface area contributed by atoms with Crippen LogP contribution in [0.4, 0.5) is 5.69 Å². The lowest BCUT2D eigenvalue weighted by Crippen LogP contribution is -2.16. The van der Waals surface area contributed by atoms with E-state index in [4.69, 9.17) is 15.6 Å². The third kappa shape index (κ3) is 3.15. The Morgan fingerprint density at radius 2 is 2.29 bits per heavy atom. The molecule has 7 nitrogen and oxygen atoms in total. The van der Waals surface area contributed by atoms with Crippen LogP contribution in [-0.2, 0) is 4.79 Å². The van der Waals surface area contributed by atoms with Gasteiger partial charge in [-0.1, -0.05) is 0 Å². The van der Waals surface area contributed by atoms with E-state index < -0.39 is 16.9 Å². The van der Waals surface area contributed by atoms with E-state index in [1.807, 2.05) is 0 Å². The lowest BCUT2D eigenvalue weighted by molar-refractivity contribution is -0.385. The van der Waals surface area contributed by atoms with Crippen molar-refractivity contribution >= 4 is 11.7 Å². The van der Waals surface area contributed by atoms with Crippen molar-refractivity contribution in [2.45, 2.75) is 12.5 Å². The zero-order chi connectivity index (χ0) is 13.0. The van der Waals surface area contributed by atoms with Gasteiger partial charge in [0.1, 0.15) is 5.75 Å². The number of rotatable bonds is 5. The van der Waals surface area contributed by atoms with Crippen molar-refractivity contribution in [3.05, 3.63) is 33.9 Å². The number of benzene rings is 1. The molecule has 92 valence electrons. The lowest BCUT2D eigenvalue weighted by Gasteiger charge is -2.10. The highest BCUT2D eigenvalue weighted by atomic mass is 16.6. The van der Waals surface area contributed by atoms with Gasteiger partial charge in [-0.2, -0.15) is 0 Å². The monoisotopic (exact) mass is 240 g/mol. The van der Waals surface area contributed by atoms with Gasteiger partial charge in [-0.25, -0.2) is 0 Å². The first-order chi connectivity index (χ1) is 7.95. The number of hydrogen-bond acceptors (Lipinski definition) is 5. The van der Waals surface area contributed by atoms with Crippen LogP contribution < -0.4 is 10.5 Å². The Kier molecular flexibility index (Phi) is 4.00. The fourth-order valence-electron chi connectivity index (χ4n) is 1.42. The molecule has 0 amide bonds. The number of aliphatic carboxylic acids is 1. The number of nitro benzene ring substituents is 1. The largest absolute Gasteiger partial charge is 0.497 e. The lowest BCUT2D eigenvalue weighted by atomic mass is 10.0. The quantitative estimate of drug-likeness (QED) is 0.587. The molecule has 17 heavy (non-hydrogen) atoms. The first-order valence-electron chi connectivity index (χ1n) is 4.75. The van der Waals surface area contributed by atoms with Crippen LogP contribution in [0.5, 0.6) is 5.75 Å². The summed E-state index contributed by atoms with van der Waals surface area (Å²) >= 11 is 0. The van der Waals surface area contributed by atoms with E-state index in [1.54, 1.807) is 0 Å². The topological polar surface area (TPSA) is 116 Å². The Morgan fingerprint density at radius 1 is 1.65 bits per heavy atom. The molecule has 0 aliphatic rings. The third-order valence-electron chi connectivity index (χ3n) is 2.23. The maximum atomic E-state index is 10.8. The second-order valence-corrected chi connectivity index (χ2v) is 3.39. The van der Waals surface area contributed by atoms with Crippen molar-refractivity contribution in [3.8, 4) is 5.75 Å². The molecule has 0 radical (unpaired) electrons. The zero-order valence-corrected chi connectivity index (χ0v) is 9.12. The number of nitro groups is 1. The van der Waals surface area contributed by atoms with E-state index in [-0.39, 0.29) is 17.7 Å². The average molecular weight is 240 g/mol. The molecule has 0 bridgehead atoms. The number of carbonyl (C=O) groups is 1. The fourth-order valence-corrected chi connectivity index (χ4v) is 1.42. The maximum Gasteiger partial charge on any atom is 0.305 e. The SMILES string of the molecule is COc1ccc(C(N)CC(=O)O)c([N+](=O)[O-])c1. The molecule has 0 spiro atoms. The summed E-state index contributed by atoms with van der Waals surface area (Å²) in [7, 11) is 1.38. The number of carboxylic acid groups (broad SMARTS) is 1. The minimum absolute atomic E-state index is 0.179. The van der Waals surface area contributed by atoms with Crippen LogP contribution in [0.25, 0.3) is 0 Å². The molecular formula is C10H12N2O5. The summed E-state index contributed by atoms with van der Waals surface area (Å²) in [4.78, 5) is 20.7. The second-order valence-electron chi connectivity index (χ2n) is 3.39. The summed E-state index contributed by atoms with van der Waals surface area (Å²) in [6.07, 6.45) is -0.368. The molecule has 0 aliphatic carbocycles. The number of nitrogens with zero attached hydrogens (tertiary/aromatic N) is 1. The molecule has 1 unspecified atom stereocenters. The van der Waals surface area contributed by atoms with E-state index in [2.05, 4.69) is 0 Å². The molecule has 0 fully saturated rings. The number of ether oxygens (including phenoxy) is 1. The molecule has 1 rings (SSSR count). The summed E-state index contributed by atoms with van der Waals surface area (Å²) in [5.41, 5.74) is 5.54. The van der Waals surface area contributed by atoms with Gasteiger partial charge in [-0.05, 0) is 12.1 Å². The highest BCUT2D eigenvalue weighted by Gasteiger charge is 2.22. The smallest absolute Gasteiger partial charge is 0.305 e. The predicted molar refractivity (Wildman–Crippen MR) is 58.8 cm³/mol. The fraction of sp³-hybridized carbons (Fsp3) is 0.300. The average Bonchev–Trinajstić information content (AvgIpc) is 2.27. The van der Waals surface area contributed by atoms with Crippen LogP contribution in [0, 0.1) is 10.1 Å². The highest BCUT2D eigenvalue weighted by molar-refractivity contribution is 5.68. The van der Waals surface area contributed by atoms with Crippen molar-refractivity contribution in [3.63, 3.8) is 0 Å². The van der Waals surface area contributed by atoms with Gasteiger partial charge in [0.2, 0.25) is 0 Å². The Labute approximate surface area is 97.0 Å². The number of hydrogen-bond donors (Lipinski definition) is 2. The van der Waals surface area contributed by atoms with Gasteiger partial charge in [0.05, 0.1) is 24.5 Å². The molecule has 0 saturated carbocycles. The molecule has 0 aliphatic heterocycles. The first-order valence-corrected chi connectivity index (χ1v) is 4.75. The van der Waals surface area contributed by atoms with Crippen molar-refractivity contribution in [1.82, 2.24) is 0 Å². The van der Waals surface area contributed by atoms with Crippen LogP contribution >= 0.6 is 0 Å². The Hall–Kier alpha value is -2.15. The predicted octanol–water partition coefficient (Wildman–Crippen LogP) is 1.08. The normalized spacial score (nSPS) is 11.9. The van der Waals surface area contributed by atoms with E-state index in [9.17, 15) is 14.9 Å². The Balaban J connectivity index is 3.14. The van der Waals surface area contributed by atoms with Gasteiger partial charge in [-0.3, -0.25) is 14.9 Å². The molecule has 0 aromatic heterocycles. The van der Waals surface area contributed by atoms with Gasteiger partial charge in [0.15, 0.2) is 0 Å². The van der Waals surface area contributed by atoms with Crippen molar-refractivity contribution in [2.24, 2.45) is 5.73 Å². The van der Waals surface area contributed by atoms with Crippen LogP contribution in [-0.4, -0.2) is 23.1 Å². The first kappa shape index (κ1) is 12.9. The second kappa shape index (κ2) is 5.26. The van der Waals surface area contributed by atoms with Gasteiger partial charge >= 0.3 is 5.97 Å². The molecule has 3 N–H and O–H groups in total. The Morgan fingerprint density at radius 3 is 2.76 bits per heavy atom. The molecule has 1 aromatic rings. The number of carboxylic acids is 1. The third-order valence-corrected chi connectivity index (χ3v) is 2.23. The standard InChI is InChI=1S/C10H12N2O5/c1-17-6-2-3-7(8(11)5-10(13)14)9(4-6)12(15)16/h2-4,8H,5,11H2,1H3,(H,13,14). The van der Waals surface area contributed by atoms with Crippen LogP contribution in [0.3, 0.4) is 0 Å². The zero-order valence-electron chi connectivity index (χ0n) is 9.12. The van der Waals surface area contributed by atoms with E-state index in [0.717, 1.165) is 0 Å². The summed E-state index contributed by atoms with van der Waals surface area (Å²) in [6, 6.07) is 3.21. The van der Waals surface area contributed by atoms with Crippen LogP contribution in [0.1, 0.15) is 18.0 Å². The van der Waals surface area contributed by atoms with Crippen molar-refractivity contribution in [2.75, 3.05) is 7.11 Å². The van der Waals surface area contributed by atoms with Crippen LogP contribution in [0.15, 0.2) is 18.2 Å². The maximum absolute atomic E-state index is 10.8. The summed E-state index contributed by atoms with van der Waals surface area (Å²) in [6.45, 7) is 0. The van der Waals surface area contributed by atoms with Crippen molar-refractivity contribution < 1.29 is 19.6 Å². The van der Waals surface area contributed by atoms with Gasteiger partial charge in [0, 0.05) is 11.6 Å². The van der Waals surface area contributed by atoms with Gasteiger partial charge in [0.25, 0.3) is 5.69 Å². The summed E-state index contributed by atoms with van der Waals surface area (Å²) in [5.74, 6) is -0.786.